The molecular weight excluding hydrogens is 373 g/mol. The van der Waals surface area contributed by atoms with Crippen LogP contribution >= 0.6 is 0 Å². The molecule has 1 aromatic heterocycles. The van der Waals surface area contributed by atoms with Crippen molar-refractivity contribution in [3.8, 4) is 33.5 Å². The molecule has 0 saturated carbocycles. The van der Waals surface area contributed by atoms with Gasteiger partial charge in [-0.25, -0.2) is 4.57 Å². The highest BCUT2D eigenvalue weighted by atomic mass is 14.9. The van der Waals surface area contributed by atoms with Gasteiger partial charge in [0.25, 0.3) is 0 Å². The van der Waals surface area contributed by atoms with Crippen LogP contribution in [-0.4, -0.2) is 6.71 Å². The Kier molecular flexibility index (Phi) is 3.28. The summed E-state index contributed by atoms with van der Waals surface area (Å²) >= 11 is 0. The quantitative estimate of drug-likeness (QED) is 0.291. The summed E-state index contributed by atoms with van der Waals surface area (Å²) in [6, 6.07) is 31.5. The molecule has 0 N–H and O–H groups in total. The van der Waals surface area contributed by atoms with Crippen molar-refractivity contribution in [1.29, 1.82) is 0 Å². The molecule has 0 spiro atoms. The van der Waals surface area contributed by atoms with Crippen molar-refractivity contribution in [1.82, 2.24) is 0 Å². The molecule has 2 heteroatoms. The summed E-state index contributed by atoms with van der Waals surface area (Å²) in [6.07, 6.45) is 2.22. The maximum Gasteiger partial charge on any atom is 0.245 e. The van der Waals surface area contributed by atoms with Crippen molar-refractivity contribution in [3.05, 3.63) is 96.7 Å². The average molecular weight is 394 g/mol. The van der Waals surface area contributed by atoms with Gasteiger partial charge in [-0.1, -0.05) is 83.7 Å². The molecule has 7 rings (SSSR count). The highest BCUT2D eigenvalue weighted by molar-refractivity contribution is 7.02. The molecule has 1 nitrogen and oxygen atoms in total. The van der Waals surface area contributed by atoms with Crippen molar-refractivity contribution in [3.63, 3.8) is 0 Å². The molecular formula is C29H21BN+. The van der Waals surface area contributed by atoms with Crippen molar-refractivity contribution < 1.29 is 4.57 Å². The fourth-order valence-corrected chi connectivity index (χ4v) is 5.91. The second kappa shape index (κ2) is 5.95. The molecule has 2 aliphatic heterocycles. The minimum atomic E-state index is 0.294. The van der Waals surface area contributed by atoms with E-state index < -0.39 is 0 Å². The Bertz CT molecular complexity index is 1550. The number of nitrogens with zero attached hydrogens (tertiary/aromatic N) is 1. The van der Waals surface area contributed by atoms with E-state index in [9.17, 15) is 0 Å². The molecule has 0 aliphatic carbocycles. The van der Waals surface area contributed by atoms with Gasteiger partial charge in [-0.3, -0.25) is 0 Å². The monoisotopic (exact) mass is 394 g/mol. The Hall–Kier alpha value is -3.65. The van der Waals surface area contributed by atoms with E-state index in [1.807, 2.05) is 0 Å². The predicted octanol–water partition coefficient (Wildman–Crippen LogP) is 4.12. The fourth-order valence-electron chi connectivity index (χ4n) is 5.91. The maximum absolute atomic E-state index is 2.45. The first-order valence-corrected chi connectivity index (χ1v) is 11.0. The van der Waals surface area contributed by atoms with Gasteiger partial charge < -0.3 is 0 Å². The molecule has 0 fully saturated rings. The summed E-state index contributed by atoms with van der Waals surface area (Å²) in [4.78, 5) is 0. The van der Waals surface area contributed by atoms with Gasteiger partial charge in [-0.2, -0.15) is 0 Å². The summed E-state index contributed by atoms with van der Waals surface area (Å²) in [5, 5.41) is 2.73. The third-order valence-electron chi connectivity index (χ3n) is 7.23. The van der Waals surface area contributed by atoms with Crippen LogP contribution in [0.15, 0.2) is 91.1 Å². The number of hydrogen-bond acceptors (Lipinski definition) is 0. The fraction of sp³-hybridized carbons (Fsp3) is 0.0690. The minimum absolute atomic E-state index is 0.294. The first kappa shape index (κ1) is 17.1. The number of hydrogen-bond donors (Lipinski definition) is 0. The molecule has 0 unspecified atom stereocenters. The van der Waals surface area contributed by atoms with E-state index >= 15 is 0 Å². The number of aryl methyl sites for hydroxylation is 2. The van der Waals surface area contributed by atoms with E-state index in [1.165, 1.54) is 66.2 Å². The van der Waals surface area contributed by atoms with Gasteiger partial charge in [-0.05, 0) is 51.7 Å². The lowest BCUT2D eigenvalue weighted by atomic mass is 9.35. The molecule has 0 radical (unpaired) electrons. The smallest absolute Gasteiger partial charge is 0.200 e. The van der Waals surface area contributed by atoms with Crippen LogP contribution in [0.5, 0.6) is 0 Å². The van der Waals surface area contributed by atoms with Gasteiger partial charge in [0.05, 0.1) is 0 Å². The third kappa shape index (κ3) is 2.15. The second-order valence-electron chi connectivity index (χ2n) is 8.91. The van der Waals surface area contributed by atoms with Gasteiger partial charge in [0.15, 0.2) is 6.20 Å². The maximum atomic E-state index is 2.45. The molecule has 4 aromatic carbocycles. The van der Waals surface area contributed by atoms with Gasteiger partial charge in [0.2, 0.25) is 12.4 Å². The summed E-state index contributed by atoms with van der Waals surface area (Å²) in [5.41, 5.74) is 13.9. The molecule has 0 amide bonds. The number of rotatable bonds is 1. The normalized spacial score (nSPS) is 12.8. The molecule has 2 aliphatic rings. The topological polar surface area (TPSA) is 3.88 Å². The number of benzene rings is 4. The van der Waals surface area contributed by atoms with Crippen molar-refractivity contribution in [2.24, 2.45) is 7.05 Å². The standard InChI is InChI=1S/C29H21BN/c1-18-12-13-23-22-10-6-7-11-24(22)30-25-17-21(19-8-4-3-5-9-19)16-20-14-15-31(2)29(27(20)25)26(18)28(23)30/h3-17H,1-2H3/q+1. The summed E-state index contributed by atoms with van der Waals surface area (Å²) in [6.45, 7) is 2.56. The first-order chi connectivity index (χ1) is 15.2. The van der Waals surface area contributed by atoms with Crippen LogP contribution < -0.4 is 21.0 Å². The lowest BCUT2D eigenvalue weighted by Crippen LogP contribution is -2.54. The number of aromatic nitrogens is 1. The predicted molar refractivity (Wildman–Crippen MR) is 131 cm³/mol. The molecule has 31 heavy (non-hydrogen) atoms. The Morgan fingerprint density at radius 2 is 1.52 bits per heavy atom. The van der Waals surface area contributed by atoms with Crippen LogP contribution in [-0.2, 0) is 7.05 Å². The molecule has 144 valence electrons. The number of fused-ring (bicyclic) bond motifs is 5. The molecule has 3 heterocycles. The first-order valence-electron chi connectivity index (χ1n) is 11.0. The van der Waals surface area contributed by atoms with Gasteiger partial charge in [0.1, 0.15) is 7.05 Å². The van der Waals surface area contributed by atoms with Crippen LogP contribution in [0.3, 0.4) is 0 Å². The SMILES string of the molecule is Cc1ccc2c3c1-c1c4c(cc(-c5ccccc5)cc4cc[n+]1C)B3c1ccccc1-2. The summed E-state index contributed by atoms with van der Waals surface area (Å²) in [7, 11) is 2.19. The highest BCUT2D eigenvalue weighted by Gasteiger charge is 2.43. The van der Waals surface area contributed by atoms with Crippen LogP contribution in [0.25, 0.3) is 44.3 Å². The van der Waals surface area contributed by atoms with Crippen molar-refractivity contribution >= 4 is 33.9 Å². The van der Waals surface area contributed by atoms with Crippen molar-refractivity contribution in [2.45, 2.75) is 6.92 Å². The Balaban J connectivity index is 1.68. The van der Waals surface area contributed by atoms with Gasteiger partial charge in [-0.15, -0.1) is 0 Å². The molecule has 0 atom stereocenters. The van der Waals surface area contributed by atoms with Crippen molar-refractivity contribution in [2.75, 3.05) is 0 Å². The Morgan fingerprint density at radius 1 is 0.710 bits per heavy atom. The zero-order valence-corrected chi connectivity index (χ0v) is 17.7. The van der Waals surface area contributed by atoms with E-state index in [2.05, 4.69) is 110 Å². The molecule has 0 bridgehead atoms. The number of pyridine rings is 1. The third-order valence-corrected chi connectivity index (χ3v) is 7.23. The summed E-state index contributed by atoms with van der Waals surface area (Å²) < 4.78 is 2.32. The van der Waals surface area contributed by atoms with E-state index in [0.717, 1.165) is 0 Å². The zero-order valence-electron chi connectivity index (χ0n) is 17.7. The zero-order chi connectivity index (χ0) is 20.7. The van der Waals surface area contributed by atoms with Crippen LogP contribution in [0.4, 0.5) is 0 Å². The van der Waals surface area contributed by atoms with Gasteiger partial charge in [0, 0.05) is 17.0 Å². The second-order valence-corrected chi connectivity index (χ2v) is 8.91. The highest BCUT2D eigenvalue weighted by Crippen LogP contribution is 2.37. The van der Waals surface area contributed by atoms with E-state index in [-0.39, 0.29) is 0 Å². The Labute approximate surface area is 182 Å². The molecule has 5 aromatic rings. The van der Waals surface area contributed by atoms with Gasteiger partial charge >= 0.3 is 0 Å². The van der Waals surface area contributed by atoms with Crippen LogP contribution in [0.1, 0.15) is 5.56 Å². The lowest BCUT2D eigenvalue weighted by Gasteiger charge is -2.25. The van der Waals surface area contributed by atoms with E-state index in [4.69, 9.17) is 0 Å². The Morgan fingerprint density at radius 3 is 2.39 bits per heavy atom. The lowest BCUT2D eigenvalue weighted by molar-refractivity contribution is -0.659. The van der Waals surface area contributed by atoms with Crippen LogP contribution in [0.2, 0.25) is 0 Å². The molecule has 0 saturated heterocycles. The minimum Gasteiger partial charge on any atom is -0.200 e. The van der Waals surface area contributed by atoms with E-state index in [0.29, 0.717) is 6.71 Å². The largest absolute Gasteiger partial charge is 0.245 e. The van der Waals surface area contributed by atoms with Crippen LogP contribution in [0, 0.1) is 6.92 Å². The summed E-state index contributed by atoms with van der Waals surface area (Å²) in [5.74, 6) is 0. The average Bonchev–Trinajstić information content (AvgIpc) is 3.15. The van der Waals surface area contributed by atoms with E-state index in [1.54, 1.807) is 0 Å².